The second kappa shape index (κ2) is 8.03. The number of amides is 1. The predicted molar refractivity (Wildman–Crippen MR) is 90.3 cm³/mol. The summed E-state index contributed by atoms with van der Waals surface area (Å²) in [4.78, 5) is 13.9. The molecule has 0 saturated carbocycles. The van der Waals surface area contributed by atoms with Crippen LogP contribution in [0.4, 0.5) is 5.69 Å². The van der Waals surface area contributed by atoms with Crippen LogP contribution in [0.1, 0.15) is 30.0 Å². The van der Waals surface area contributed by atoms with Crippen molar-refractivity contribution in [1.82, 2.24) is 5.43 Å². The van der Waals surface area contributed by atoms with Crippen molar-refractivity contribution in [2.75, 3.05) is 25.1 Å². The lowest BCUT2D eigenvalue weighted by atomic mass is 10.2. The minimum atomic E-state index is -0.398. The summed E-state index contributed by atoms with van der Waals surface area (Å²) in [6.07, 6.45) is 2.99. The number of carbonyl (C=O) groups excluding carboxylic acids is 1. The van der Waals surface area contributed by atoms with Crippen LogP contribution in [-0.2, 0) is 0 Å². The molecule has 0 saturated heterocycles. The van der Waals surface area contributed by atoms with Crippen LogP contribution in [0.5, 0.6) is 5.75 Å². The third-order valence-corrected chi connectivity index (χ3v) is 3.46. The van der Waals surface area contributed by atoms with E-state index < -0.39 is 5.91 Å². The number of methoxy groups -OCH3 is 1. The van der Waals surface area contributed by atoms with Gasteiger partial charge in [0.1, 0.15) is 5.75 Å². The molecule has 1 amide bonds. The fourth-order valence-electron chi connectivity index (χ4n) is 2.22. The number of hydrogen-bond acceptors (Lipinski definition) is 5. The molecule has 122 valence electrons. The maximum Gasteiger partial charge on any atom is 0.307 e. The Labute approximate surface area is 135 Å². The molecule has 2 aromatic rings. The maximum absolute atomic E-state index is 11.7. The van der Waals surface area contributed by atoms with Crippen molar-refractivity contribution in [3.05, 3.63) is 47.9 Å². The summed E-state index contributed by atoms with van der Waals surface area (Å²) in [5.41, 5.74) is 4.28. The normalized spacial score (nSPS) is 10.7. The van der Waals surface area contributed by atoms with Gasteiger partial charge in [-0.15, -0.1) is 0 Å². The summed E-state index contributed by atoms with van der Waals surface area (Å²) in [6, 6.07) is 9.10. The van der Waals surface area contributed by atoms with E-state index >= 15 is 0 Å². The molecule has 0 spiro atoms. The summed E-state index contributed by atoms with van der Waals surface area (Å²) in [5.74, 6) is 0.515. The highest BCUT2D eigenvalue weighted by Gasteiger charge is 2.08. The second-order valence-corrected chi connectivity index (χ2v) is 4.77. The number of benzene rings is 1. The fraction of sp³-hybridized carbons (Fsp3) is 0.294. The summed E-state index contributed by atoms with van der Waals surface area (Å²) < 4.78 is 10.4. The van der Waals surface area contributed by atoms with Crippen LogP contribution in [0.3, 0.4) is 0 Å². The highest BCUT2D eigenvalue weighted by atomic mass is 16.5. The molecule has 0 radical (unpaired) electrons. The number of ether oxygens (including phenoxy) is 1. The molecule has 0 aliphatic rings. The Hall–Kier alpha value is -2.76. The lowest BCUT2D eigenvalue weighted by Crippen LogP contribution is -2.21. The average Bonchev–Trinajstić information content (AvgIpc) is 3.11. The first-order valence-corrected chi connectivity index (χ1v) is 7.49. The van der Waals surface area contributed by atoms with Gasteiger partial charge in [0.2, 0.25) is 0 Å². The smallest absolute Gasteiger partial charge is 0.307 e. The van der Waals surface area contributed by atoms with E-state index in [-0.39, 0.29) is 5.76 Å². The van der Waals surface area contributed by atoms with Crippen LogP contribution in [-0.4, -0.2) is 32.3 Å². The number of furan rings is 1. The van der Waals surface area contributed by atoms with Gasteiger partial charge in [-0.1, -0.05) is 0 Å². The van der Waals surface area contributed by atoms with Crippen molar-refractivity contribution < 1.29 is 13.9 Å². The minimum Gasteiger partial charge on any atom is -0.496 e. The van der Waals surface area contributed by atoms with Gasteiger partial charge in [0.25, 0.3) is 0 Å². The molecule has 1 aromatic heterocycles. The van der Waals surface area contributed by atoms with Gasteiger partial charge in [-0.25, -0.2) is 5.43 Å². The molecule has 0 aliphatic heterocycles. The topological polar surface area (TPSA) is 67.1 Å². The van der Waals surface area contributed by atoms with Gasteiger partial charge in [-0.05, 0) is 38.1 Å². The average molecular weight is 315 g/mol. The van der Waals surface area contributed by atoms with Crippen LogP contribution in [0.25, 0.3) is 0 Å². The second-order valence-electron chi connectivity index (χ2n) is 4.77. The van der Waals surface area contributed by atoms with E-state index in [4.69, 9.17) is 9.15 Å². The molecule has 0 unspecified atom stereocenters. The number of nitrogens with one attached hydrogen (secondary N) is 1. The quantitative estimate of drug-likeness (QED) is 0.630. The highest BCUT2D eigenvalue weighted by Crippen LogP contribution is 2.24. The Morgan fingerprint density at radius 1 is 1.35 bits per heavy atom. The van der Waals surface area contributed by atoms with Crippen molar-refractivity contribution in [1.29, 1.82) is 0 Å². The molecule has 1 heterocycles. The number of nitrogens with zero attached hydrogens (tertiary/aromatic N) is 2. The lowest BCUT2D eigenvalue weighted by molar-refractivity contribution is 0.0927. The molecule has 0 bridgehead atoms. The van der Waals surface area contributed by atoms with Crippen molar-refractivity contribution in [3.63, 3.8) is 0 Å². The first-order valence-electron chi connectivity index (χ1n) is 7.49. The number of carbonyl (C=O) groups is 1. The van der Waals surface area contributed by atoms with E-state index in [1.54, 1.807) is 25.5 Å². The van der Waals surface area contributed by atoms with Crippen LogP contribution < -0.4 is 15.1 Å². The summed E-state index contributed by atoms with van der Waals surface area (Å²) >= 11 is 0. The zero-order valence-electron chi connectivity index (χ0n) is 13.6. The Kier molecular flexibility index (Phi) is 5.80. The van der Waals surface area contributed by atoms with Crippen molar-refractivity contribution in [3.8, 4) is 5.75 Å². The van der Waals surface area contributed by atoms with E-state index in [9.17, 15) is 4.79 Å². The molecule has 1 N–H and O–H groups in total. The zero-order valence-corrected chi connectivity index (χ0v) is 13.6. The number of anilines is 1. The first kappa shape index (κ1) is 16.6. The largest absolute Gasteiger partial charge is 0.496 e. The van der Waals surface area contributed by atoms with Gasteiger partial charge < -0.3 is 14.1 Å². The SMILES string of the molecule is CCN(CC)c1ccc(/C=N/NC(=O)c2ccco2)c(OC)c1. The molecule has 23 heavy (non-hydrogen) atoms. The van der Waals surface area contributed by atoms with Gasteiger partial charge >= 0.3 is 5.91 Å². The third kappa shape index (κ3) is 4.12. The summed E-state index contributed by atoms with van der Waals surface area (Å²) in [5, 5.41) is 3.94. The van der Waals surface area contributed by atoms with Crippen LogP contribution in [0.2, 0.25) is 0 Å². The summed E-state index contributed by atoms with van der Waals surface area (Å²) in [6.45, 7) is 6.06. The lowest BCUT2D eigenvalue weighted by Gasteiger charge is -2.21. The Bertz CT molecular complexity index is 662. The van der Waals surface area contributed by atoms with Crippen LogP contribution in [0, 0.1) is 0 Å². The first-order chi connectivity index (χ1) is 11.2. The maximum atomic E-state index is 11.7. The van der Waals surface area contributed by atoms with E-state index in [2.05, 4.69) is 29.3 Å². The zero-order chi connectivity index (χ0) is 16.7. The standard InChI is InChI=1S/C17H21N3O3/c1-4-20(5-2)14-9-8-13(16(11-14)22-3)12-18-19-17(21)15-7-6-10-23-15/h6-12H,4-5H2,1-3H3,(H,19,21)/b18-12+. The van der Waals surface area contributed by atoms with Gasteiger partial charge in [-0.3, -0.25) is 4.79 Å². The monoisotopic (exact) mass is 315 g/mol. The Morgan fingerprint density at radius 3 is 2.74 bits per heavy atom. The van der Waals surface area contributed by atoms with Crippen molar-refractivity contribution in [2.45, 2.75) is 13.8 Å². The molecule has 6 nitrogen and oxygen atoms in total. The van der Waals surface area contributed by atoms with Crippen LogP contribution >= 0.6 is 0 Å². The molecule has 1 aromatic carbocycles. The van der Waals surface area contributed by atoms with Gasteiger partial charge in [0.05, 0.1) is 19.6 Å². The van der Waals surface area contributed by atoms with Crippen LogP contribution in [0.15, 0.2) is 46.1 Å². The van der Waals surface area contributed by atoms with Gasteiger partial charge in [0, 0.05) is 30.4 Å². The fourth-order valence-corrected chi connectivity index (χ4v) is 2.22. The van der Waals surface area contributed by atoms with Gasteiger partial charge in [-0.2, -0.15) is 5.10 Å². The van der Waals surface area contributed by atoms with E-state index in [0.29, 0.717) is 5.75 Å². The van der Waals surface area contributed by atoms with Crippen molar-refractivity contribution in [2.24, 2.45) is 5.10 Å². The summed E-state index contributed by atoms with van der Waals surface area (Å²) in [7, 11) is 1.61. The van der Waals surface area contributed by atoms with Gasteiger partial charge in [0.15, 0.2) is 5.76 Å². The molecular formula is C17H21N3O3. The molecule has 6 heteroatoms. The van der Waals surface area contributed by atoms with E-state index in [1.165, 1.54) is 6.26 Å². The number of rotatable bonds is 7. The minimum absolute atomic E-state index is 0.214. The number of hydrogen-bond donors (Lipinski definition) is 1. The molecule has 0 aliphatic carbocycles. The van der Waals surface area contributed by atoms with E-state index in [0.717, 1.165) is 24.3 Å². The molecule has 2 rings (SSSR count). The predicted octanol–water partition coefficient (Wildman–Crippen LogP) is 2.90. The molecular weight excluding hydrogens is 294 g/mol. The Balaban J connectivity index is 2.10. The molecule has 0 fully saturated rings. The van der Waals surface area contributed by atoms with Crippen molar-refractivity contribution >= 4 is 17.8 Å². The van der Waals surface area contributed by atoms with E-state index in [1.807, 2.05) is 18.2 Å². The number of hydrazone groups is 1. The molecule has 0 atom stereocenters. The Morgan fingerprint density at radius 2 is 2.13 bits per heavy atom. The highest BCUT2D eigenvalue weighted by molar-refractivity contribution is 5.92. The third-order valence-electron chi connectivity index (χ3n) is 3.46.